The Labute approximate surface area is 186 Å². The molecule has 0 spiro atoms. The maximum Gasteiger partial charge on any atom is 0.0541 e. The molecule has 7 rings (SSSR count). The van der Waals surface area contributed by atoms with Gasteiger partial charge < -0.3 is 9.55 Å². The van der Waals surface area contributed by atoms with Crippen LogP contribution >= 0.6 is 0 Å². The summed E-state index contributed by atoms with van der Waals surface area (Å²) >= 11 is 0. The number of hydrogen-bond acceptors (Lipinski definition) is 0. The number of aromatic amines is 1. The molecule has 0 aliphatic heterocycles. The Morgan fingerprint density at radius 1 is 0.656 bits per heavy atom. The van der Waals surface area contributed by atoms with Crippen LogP contribution in [0, 0.1) is 0 Å². The van der Waals surface area contributed by atoms with Gasteiger partial charge in [-0.1, -0.05) is 60.7 Å². The number of allylic oxidation sites excluding steroid dienone is 1. The first-order valence-corrected chi connectivity index (χ1v) is 11.3. The predicted molar refractivity (Wildman–Crippen MR) is 135 cm³/mol. The molecule has 0 radical (unpaired) electrons. The molecule has 4 aromatic carbocycles. The van der Waals surface area contributed by atoms with Gasteiger partial charge in [-0.2, -0.15) is 0 Å². The first-order valence-electron chi connectivity index (χ1n) is 11.3. The number of para-hydroxylation sites is 2. The maximum atomic E-state index is 3.62. The highest BCUT2D eigenvalue weighted by atomic mass is 15.0. The van der Waals surface area contributed by atoms with Gasteiger partial charge in [0.05, 0.1) is 11.0 Å². The van der Waals surface area contributed by atoms with Crippen molar-refractivity contribution in [2.24, 2.45) is 0 Å². The minimum absolute atomic E-state index is 1.10. The largest absolute Gasteiger partial charge is 0.358 e. The average Bonchev–Trinajstić information content (AvgIpc) is 3.39. The first-order chi connectivity index (χ1) is 15.9. The Balaban J connectivity index is 1.46. The highest BCUT2D eigenvalue weighted by molar-refractivity contribution is 6.10. The fraction of sp³-hybridized carbons (Fsp3) is 0.0667. The fourth-order valence-corrected chi connectivity index (χ4v) is 5.27. The van der Waals surface area contributed by atoms with Gasteiger partial charge in [0.2, 0.25) is 0 Å². The molecule has 1 aliphatic rings. The van der Waals surface area contributed by atoms with E-state index in [1.807, 2.05) is 0 Å². The first kappa shape index (κ1) is 17.6. The van der Waals surface area contributed by atoms with Gasteiger partial charge in [-0.25, -0.2) is 0 Å². The molecule has 2 heterocycles. The highest BCUT2D eigenvalue weighted by Gasteiger charge is 2.15. The van der Waals surface area contributed by atoms with Crippen LogP contribution in [0.3, 0.4) is 0 Å². The zero-order valence-electron chi connectivity index (χ0n) is 17.7. The molecule has 32 heavy (non-hydrogen) atoms. The van der Waals surface area contributed by atoms with Gasteiger partial charge in [0, 0.05) is 38.6 Å². The van der Waals surface area contributed by atoms with Crippen molar-refractivity contribution in [2.75, 3.05) is 0 Å². The predicted octanol–water partition coefficient (Wildman–Crippen LogP) is 7.89. The number of aryl methyl sites for hydroxylation is 1. The SMILES string of the molecule is C1=Cc2c([nH]c3ccc(-c4ccc5c(c4)c4ccccc4n5-c4ccccc4)cc23)CC1. The van der Waals surface area contributed by atoms with E-state index in [0.717, 1.165) is 12.8 Å². The molecule has 0 unspecified atom stereocenters. The topological polar surface area (TPSA) is 20.7 Å². The number of rotatable bonds is 2. The van der Waals surface area contributed by atoms with Crippen molar-refractivity contribution in [1.29, 1.82) is 0 Å². The van der Waals surface area contributed by atoms with E-state index < -0.39 is 0 Å². The summed E-state index contributed by atoms with van der Waals surface area (Å²) in [5.41, 5.74) is 10.1. The third kappa shape index (κ3) is 2.53. The summed E-state index contributed by atoms with van der Waals surface area (Å²) in [6, 6.07) is 33.0. The summed E-state index contributed by atoms with van der Waals surface area (Å²) in [5.74, 6) is 0. The quantitative estimate of drug-likeness (QED) is 0.300. The fourth-order valence-electron chi connectivity index (χ4n) is 5.27. The standard InChI is InChI=1S/C30H22N2/c1-2-8-22(9-3-1)32-29-13-7-5-11-24(29)26-19-21(15-17-30(26)32)20-14-16-28-25(18-20)23-10-4-6-12-27(23)31-28/h1-5,7-11,13-19,31H,6,12H2. The van der Waals surface area contributed by atoms with E-state index in [1.54, 1.807) is 0 Å². The normalized spacial score (nSPS) is 13.2. The van der Waals surface area contributed by atoms with Crippen LogP contribution in [0.15, 0.2) is 97.1 Å². The molecule has 2 heteroatoms. The number of benzene rings is 4. The van der Waals surface area contributed by atoms with Crippen LogP contribution in [-0.2, 0) is 6.42 Å². The molecule has 0 bridgehead atoms. The Bertz CT molecular complexity index is 1660. The van der Waals surface area contributed by atoms with Gasteiger partial charge >= 0.3 is 0 Å². The van der Waals surface area contributed by atoms with E-state index in [-0.39, 0.29) is 0 Å². The zero-order valence-corrected chi connectivity index (χ0v) is 17.7. The third-order valence-electron chi connectivity index (χ3n) is 6.79. The van der Waals surface area contributed by atoms with Crippen molar-refractivity contribution in [3.05, 3.63) is 108 Å². The third-order valence-corrected chi connectivity index (χ3v) is 6.79. The van der Waals surface area contributed by atoms with E-state index in [9.17, 15) is 0 Å². The lowest BCUT2D eigenvalue weighted by Gasteiger charge is -2.08. The summed E-state index contributed by atoms with van der Waals surface area (Å²) in [5, 5.41) is 3.90. The number of H-pyrrole nitrogens is 1. The van der Waals surface area contributed by atoms with Crippen molar-refractivity contribution in [2.45, 2.75) is 12.8 Å². The Morgan fingerprint density at radius 3 is 2.31 bits per heavy atom. The summed E-state index contributed by atoms with van der Waals surface area (Å²) in [4.78, 5) is 3.62. The summed E-state index contributed by atoms with van der Waals surface area (Å²) in [7, 11) is 0. The van der Waals surface area contributed by atoms with Crippen LogP contribution in [0.5, 0.6) is 0 Å². The molecule has 2 aromatic heterocycles. The highest BCUT2D eigenvalue weighted by Crippen LogP contribution is 2.36. The van der Waals surface area contributed by atoms with Crippen LogP contribution in [0.2, 0.25) is 0 Å². The van der Waals surface area contributed by atoms with Gasteiger partial charge in [0.25, 0.3) is 0 Å². The number of nitrogens with one attached hydrogen (secondary N) is 1. The molecular formula is C30H22N2. The molecule has 6 aromatic rings. The van der Waals surface area contributed by atoms with E-state index in [0.29, 0.717) is 0 Å². The van der Waals surface area contributed by atoms with E-state index >= 15 is 0 Å². The van der Waals surface area contributed by atoms with Crippen molar-refractivity contribution >= 4 is 38.8 Å². The molecule has 2 nitrogen and oxygen atoms in total. The molecule has 1 aliphatic carbocycles. The molecule has 1 N–H and O–H groups in total. The lowest BCUT2D eigenvalue weighted by molar-refractivity contribution is 0.951. The second-order valence-electron chi connectivity index (χ2n) is 8.64. The Hall–Kier alpha value is -4.04. The van der Waals surface area contributed by atoms with E-state index in [4.69, 9.17) is 0 Å². The second kappa shape index (κ2) is 6.73. The van der Waals surface area contributed by atoms with Crippen LogP contribution in [-0.4, -0.2) is 9.55 Å². The minimum Gasteiger partial charge on any atom is -0.358 e. The van der Waals surface area contributed by atoms with Crippen LogP contribution in [0.25, 0.3) is 55.6 Å². The molecule has 0 amide bonds. The van der Waals surface area contributed by atoms with E-state index in [1.165, 1.54) is 60.8 Å². The monoisotopic (exact) mass is 410 g/mol. The van der Waals surface area contributed by atoms with Crippen LogP contribution in [0.1, 0.15) is 17.7 Å². The van der Waals surface area contributed by atoms with Crippen LogP contribution in [0.4, 0.5) is 0 Å². The molecular weight excluding hydrogens is 388 g/mol. The number of aromatic nitrogens is 2. The summed E-state index contributed by atoms with van der Waals surface area (Å²) in [6.07, 6.45) is 6.78. The van der Waals surface area contributed by atoms with Crippen molar-refractivity contribution in [3.63, 3.8) is 0 Å². The number of nitrogens with zero attached hydrogens (tertiary/aromatic N) is 1. The van der Waals surface area contributed by atoms with Crippen molar-refractivity contribution in [1.82, 2.24) is 9.55 Å². The zero-order chi connectivity index (χ0) is 21.1. The lowest BCUT2D eigenvalue weighted by Crippen LogP contribution is -1.92. The summed E-state index contributed by atoms with van der Waals surface area (Å²) < 4.78 is 2.37. The molecule has 0 saturated heterocycles. The maximum absolute atomic E-state index is 3.62. The molecule has 0 atom stereocenters. The number of hydrogen-bond donors (Lipinski definition) is 1. The summed E-state index contributed by atoms with van der Waals surface area (Å²) in [6.45, 7) is 0. The van der Waals surface area contributed by atoms with E-state index in [2.05, 4.69) is 113 Å². The van der Waals surface area contributed by atoms with Crippen molar-refractivity contribution < 1.29 is 0 Å². The smallest absolute Gasteiger partial charge is 0.0541 e. The molecule has 152 valence electrons. The number of fused-ring (bicyclic) bond motifs is 6. The van der Waals surface area contributed by atoms with Gasteiger partial charge in [-0.05, 0) is 66.4 Å². The molecule has 0 saturated carbocycles. The average molecular weight is 411 g/mol. The van der Waals surface area contributed by atoms with Crippen molar-refractivity contribution in [3.8, 4) is 16.8 Å². The van der Waals surface area contributed by atoms with Gasteiger partial charge in [-0.3, -0.25) is 0 Å². The van der Waals surface area contributed by atoms with Gasteiger partial charge in [-0.15, -0.1) is 0 Å². The Morgan fingerprint density at radius 2 is 1.41 bits per heavy atom. The second-order valence-corrected chi connectivity index (χ2v) is 8.64. The van der Waals surface area contributed by atoms with Gasteiger partial charge in [0.15, 0.2) is 0 Å². The lowest BCUT2D eigenvalue weighted by atomic mass is 9.98. The molecule has 0 fully saturated rings. The van der Waals surface area contributed by atoms with Gasteiger partial charge in [0.1, 0.15) is 0 Å². The van der Waals surface area contributed by atoms with Crippen LogP contribution < -0.4 is 0 Å². The Kier molecular flexibility index (Phi) is 3.71. The minimum atomic E-state index is 1.10.